The molecule has 0 bridgehead atoms. The molecule has 3 aromatic rings. The Morgan fingerprint density at radius 2 is 1.82 bits per heavy atom. The lowest BCUT2D eigenvalue weighted by molar-refractivity contribution is 0.0945. The van der Waals surface area contributed by atoms with Gasteiger partial charge >= 0.3 is 0 Å². The molecule has 0 unspecified atom stereocenters. The van der Waals surface area contributed by atoms with Crippen molar-refractivity contribution < 1.29 is 4.79 Å². The van der Waals surface area contributed by atoms with Crippen LogP contribution in [0.2, 0.25) is 0 Å². The van der Waals surface area contributed by atoms with Gasteiger partial charge in [0.15, 0.2) is 11.5 Å². The molecule has 2 aromatic heterocycles. The molecule has 1 aliphatic rings. The van der Waals surface area contributed by atoms with Gasteiger partial charge in [-0.15, -0.1) is 10.2 Å². The Bertz CT molecular complexity index is 906. The quantitative estimate of drug-likeness (QED) is 0.690. The third kappa shape index (κ3) is 4.43. The molecular weight excluding hydrogens is 352 g/mol. The molecule has 1 aliphatic heterocycles. The van der Waals surface area contributed by atoms with E-state index in [0.29, 0.717) is 12.4 Å². The lowest BCUT2D eigenvalue weighted by atomic mass is 10.2. The van der Waals surface area contributed by atoms with Gasteiger partial charge in [-0.1, -0.05) is 6.07 Å². The number of carbonyl (C=O) groups is 1. The molecule has 1 aromatic carbocycles. The molecular formula is C21H22N6O. The summed E-state index contributed by atoms with van der Waals surface area (Å²) < 4.78 is 0. The van der Waals surface area contributed by atoms with Gasteiger partial charge in [-0.3, -0.25) is 9.78 Å². The van der Waals surface area contributed by atoms with E-state index in [1.165, 1.54) is 18.5 Å². The molecule has 2 N–H and O–H groups in total. The summed E-state index contributed by atoms with van der Waals surface area (Å²) in [6.07, 6.45) is 5.94. The second kappa shape index (κ2) is 8.47. The fourth-order valence-corrected chi connectivity index (χ4v) is 3.17. The number of hydrogen-bond donors (Lipinski definition) is 2. The number of aromatic nitrogens is 3. The van der Waals surface area contributed by atoms with Crippen molar-refractivity contribution in [2.45, 2.75) is 19.4 Å². The number of nitrogens with one attached hydrogen (secondary N) is 2. The number of nitrogens with zero attached hydrogens (tertiary/aromatic N) is 4. The van der Waals surface area contributed by atoms with Gasteiger partial charge in [0, 0.05) is 43.4 Å². The second-order valence-corrected chi connectivity index (χ2v) is 6.71. The van der Waals surface area contributed by atoms with Crippen LogP contribution >= 0.6 is 0 Å². The van der Waals surface area contributed by atoms with E-state index in [0.717, 1.165) is 24.3 Å². The molecule has 0 saturated carbocycles. The van der Waals surface area contributed by atoms with E-state index in [4.69, 9.17) is 0 Å². The third-order valence-electron chi connectivity index (χ3n) is 4.68. The van der Waals surface area contributed by atoms with Gasteiger partial charge in [0.25, 0.3) is 5.91 Å². The highest BCUT2D eigenvalue weighted by Gasteiger charge is 2.12. The normalized spacial score (nSPS) is 13.4. The van der Waals surface area contributed by atoms with Crippen LogP contribution in [0.3, 0.4) is 0 Å². The van der Waals surface area contributed by atoms with Crippen LogP contribution in [0.4, 0.5) is 17.2 Å². The number of rotatable bonds is 6. The summed E-state index contributed by atoms with van der Waals surface area (Å²) >= 11 is 0. The van der Waals surface area contributed by atoms with Crippen LogP contribution in [-0.2, 0) is 6.54 Å². The van der Waals surface area contributed by atoms with E-state index in [-0.39, 0.29) is 11.6 Å². The maximum atomic E-state index is 12.2. The average molecular weight is 374 g/mol. The highest BCUT2D eigenvalue weighted by molar-refractivity contribution is 5.92. The average Bonchev–Trinajstić information content (AvgIpc) is 3.29. The molecule has 0 aliphatic carbocycles. The summed E-state index contributed by atoms with van der Waals surface area (Å²) in [6, 6.07) is 15.4. The van der Waals surface area contributed by atoms with E-state index in [1.54, 1.807) is 24.5 Å². The van der Waals surface area contributed by atoms with Gasteiger partial charge in [-0.05, 0) is 60.9 Å². The van der Waals surface area contributed by atoms with Gasteiger partial charge in [-0.25, -0.2) is 0 Å². The Morgan fingerprint density at radius 1 is 1.00 bits per heavy atom. The van der Waals surface area contributed by atoms with Crippen LogP contribution in [0.5, 0.6) is 0 Å². The molecule has 3 heterocycles. The SMILES string of the molecule is O=C(NCc1cccnc1)c1ccc(Nc2ccc(N3CCCC3)cc2)nn1. The fourth-order valence-electron chi connectivity index (χ4n) is 3.17. The van der Waals surface area contributed by atoms with Crippen molar-refractivity contribution in [1.29, 1.82) is 0 Å². The molecule has 4 rings (SSSR count). The van der Waals surface area contributed by atoms with Crippen LogP contribution in [0.25, 0.3) is 0 Å². The molecule has 1 amide bonds. The second-order valence-electron chi connectivity index (χ2n) is 6.71. The molecule has 1 fully saturated rings. The summed E-state index contributed by atoms with van der Waals surface area (Å²) in [6.45, 7) is 2.66. The smallest absolute Gasteiger partial charge is 0.272 e. The van der Waals surface area contributed by atoms with Crippen molar-refractivity contribution in [3.05, 3.63) is 72.2 Å². The Morgan fingerprint density at radius 3 is 2.50 bits per heavy atom. The number of amides is 1. The molecule has 0 radical (unpaired) electrons. The van der Waals surface area contributed by atoms with Crippen molar-refractivity contribution in [3.63, 3.8) is 0 Å². The van der Waals surface area contributed by atoms with Crippen molar-refractivity contribution in [3.8, 4) is 0 Å². The predicted octanol–water partition coefficient (Wildman–Crippen LogP) is 3.15. The molecule has 1 saturated heterocycles. The Balaban J connectivity index is 1.33. The van der Waals surface area contributed by atoms with Gasteiger partial charge in [0.05, 0.1) is 0 Å². The molecule has 28 heavy (non-hydrogen) atoms. The summed E-state index contributed by atoms with van der Waals surface area (Å²) in [5.41, 5.74) is 3.39. The van der Waals surface area contributed by atoms with Crippen LogP contribution in [0.1, 0.15) is 28.9 Å². The zero-order valence-electron chi connectivity index (χ0n) is 15.5. The lowest BCUT2D eigenvalue weighted by Crippen LogP contribution is -2.24. The molecule has 0 spiro atoms. The van der Waals surface area contributed by atoms with E-state index in [1.807, 2.05) is 24.3 Å². The first-order valence-corrected chi connectivity index (χ1v) is 9.41. The van der Waals surface area contributed by atoms with Crippen LogP contribution < -0.4 is 15.5 Å². The first-order valence-electron chi connectivity index (χ1n) is 9.41. The summed E-state index contributed by atoms with van der Waals surface area (Å²) in [5, 5.41) is 14.1. The number of carbonyl (C=O) groups excluding carboxylic acids is 1. The fraction of sp³-hybridized carbons (Fsp3) is 0.238. The molecule has 142 valence electrons. The van der Waals surface area contributed by atoms with Crippen molar-refractivity contribution >= 4 is 23.1 Å². The minimum atomic E-state index is -0.266. The topological polar surface area (TPSA) is 83.0 Å². The number of hydrogen-bond acceptors (Lipinski definition) is 6. The number of benzene rings is 1. The van der Waals surface area contributed by atoms with Gasteiger partial charge in [-0.2, -0.15) is 0 Å². The summed E-state index contributed by atoms with van der Waals surface area (Å²) in [4.78, 5) is 18.6. The van der Waals surface area contributed by atoms with E-state index >= 15 is 0 Å². The monoisotopic (exact) mass is 374 g/mol. The summed E-state index contributed by atoms with van der Waals surface area (Å²) in [5.74, 6) is 0.329. The van der Waals surface area contributed by atoms with Crippen molar-refractivity contribution in [1.82, 2.24) is 20.5 Å². The highest BCUT2D eigenvalue weighted by atomic mass is 16.1. The van der Waals surface area contributed by atoms with Crippen LogP contribution in [-0.4, -0.2) is 34.2 Å². The van der Waals surface area contributed by atoms with E-state index in [9.17, 15) is 4.79 Å². The van der Waals surface area contributed by atoms with Crippen LogP contribution in [0.15, 0.2) is 60.9 Å². The first kappa shape index (κ1) is 17.9. The number of pyridine rings is 1. The Kier molecular flexibility index (Phi) is 5.42. The van der Waals surface area contributed by atoms with E-state index < -0.39 is 0 Å². The maximum absolute atomic E-state index is 12.2. The van der Waals surface area contributed by atoms with Gasteiger partial charge in [0.1, 0.15) is 0 Å². The minimum absolute atomic E-state index is 0.266. The van der Waals surface area contributed by atoms with Gasteiger partial charge in [0.2, 0.25) is 0 Å². The van der Waals surface area contributed by atoms with Crippen molar-refractivity contribution in [2.24, 2.45) is 0 Å². The predicted molar refractivity (Wildman–Crippen MR) is 109 cm³/mol. The number of anilines is 3. The van der Waals surface area contributed by atoms with E-state index in [2.05, 4.69) is 42.8 Å². The minimum Gasteiger partial charge on any atom is -0.372 e. The largest absolute Gasteiger partial charge is 0.372 e. The Labute approximate surface area is 163 Å². The highest BCUT2D eigenvalue weighted by Crippen LogP contribution is 2.23. The molecule has 0 atom stereocenters. The maximum Gasteiger partial charge on any atom is 0.272 e. The molecule has 7 nitrogen and oxygen atoms in total. The van der Waals surface area contributed by atoms with Gasteiger partial charge < -0.3 is 15.5 Å². The van der Waals surface area contributed by atoms with Crippen molar-refractivity contribution in [2.75, 3.05) is 23.3 Å². The standard InChI is InChI=1S/C21H22N6O/c28-21(23-15-16-4-3-11-22-14-16)19-9-10-20(26-25-19)24-17-5-7-18(8-6-17)27-12-1-2-13-27/h3-11,14H,1-2,12-13,15H2,(H,23,28)(H,24,26). The zero-order chi connectivity index (χ0) is 19.2. The first-order chi connectivity index (χ1) is 13.8. The third-order valence-corrected chi connectivity index (χ3v) is 4.68. The molecule has 7 heteroatoms. The Hall–Kier alpha value is -3.48. The summed E-state index contributed by atoms with van der Waals surface area (Å²) in [7, 11) is 0. The zero-order valence-corrected chi connectivity index (χ0v) is 15.5. The lowest BCUT2D eigenvalue weighted by Gasteiger charge is -2.17. The van der Waals surface area contributed by atoms with Crippen LogP contribution in [0, 0.1) is 0 Å².